The average Bonchev–Trinajstić information content (AvgIpc) is 2.41. The van der Waals surface area contributed by atoms with Gasteiger partial charge in [0.25, 0.3) is 11.6 Å². The molecule has 0 aliphatic carbocycles. The lowest BCUT2D eigenvalue weighted by Crippen LogP contribution is -2.47. The average molecular weight is 265 g/mol. The lowest BCUT2D eigenvalue weighted by Gasteiger charge is -2.33. The van der Waals surface area contributed by atoms with Gasteiger partial charge in [0, 0.05) is 19.2 Å². The van der Waals surface area contributed by atoms with Crippen LogP contribution in [0.1, 0.15) is 13.3 Å². The molecule has 1 aromatic carbocycles. The molecule has 0 aromatic heterocycles. The lowest BCUT2D eigenvalue weighted by molar-refractivity contribution is -0.384. The molecule has 0 saturated carbocycles. The fourth-order valence-electron chi connectivity index (χ4n) is 2.05. The monoisotopic (exact) mass is 265 g/mol. The molecule has 2 N–H and O–H groups in total. The Labute approximate surface area is 110 Å². The van der Waals surface area contributed by atoms with Crippen LogP contribution in [-0.4, -0.2) is 30.0 Å². The van der Waals surface area contributed by atoms with Crippen molar-refractivity contribution in [1.82, 2.24) is 0 Å². The SMILES string of the molecule is CCC1Oc2cc([N+](=O)[O-])ccc2N(CCN)C1=O. The van der Waals surface area contributed by atoms with Gasteiger partial charge in [0.05, 0.1) is 16.7 Å². The molecule has 1 heterocycles. The number of rotatable bonds is 4. The Bertz CT molecular complexity index is 518. The number of hydrogen-bond acceptors (Lipinski definition) is 5. The molecule has 1 aliphatic rings. The number of nitrogens with zero attached hydrogens (tertiary/aromatic N) is 2. The summed E-state index contributed by atoms with van der Waals surface area (Å²) < 4.78 is 5.52. The predicted octanol–water partition coefficient (Wildman–Crippen LogP) is 1.06. The van der Waals surface area contributed by atoms with E-state index in [4.69, 9.17) is 10.5 Å². The summed E-state index contributed by atoms with van der Waals surface area (Å²) in [4.78, 5) is 23.9. The van der Waals surface area contributed by atoms with Crippen molar-refractivity contribution in [2.45, 2.75) is 19.4 Å². The largest absolute Gasteiger partial charge is 0.478 e. The van der Waals surface area contributed by atoms with Crippen LogP contribution in [0, 0.1) is 10.1 Å². The first kappa shape index (κ1) is 13.3. The fourth-order valence-corrected chi connectivity index (χ4v) is 2.05. The number of hydrogen-bond donors (Lipinski definition) is 1. The number of nitrogens with two attached hydrogens (primary N) is 1. The quantitative estimate of drug-likeness (QED) is 0.648. The molecule has 0 bridgehead atoms. The molecule has 1 aliphatic heterocycles. The van der Waals surface area contributed by atoms with Crippen LogP contribution in [0.15, 0.2) is 18.2 Å². The van der Waals surface area contributed by atoms with Crippen LogP contribution in [0.2, 0.25) is 0 Å². The van der Waals surface area contributed by atoms with Crippen LogP contribution < -0.4 is 15.4 Å². The minimum absolute atomic E-state index is 0.0596. The van der Waals surface area contributed by atoms with Gasteiger partial charge in [0.2, 0.25) is 0 Å². The summed E-state index contributed by atoms with van der Waals surface area (Å²) in [5, 5.41) is 10.8. The number of fused-ring (bicyclic) bond motifs is 1. The molecular formula is C12H15N3O4. The lowest BCUT2D eigenvalue weighted by atomic mass is 10.1. The Morgan fingerprint density at radius 1 is 1.53 bits per heavy atom. The van der Waals surface area contributed by atoms with Gasteiger partial charge in [0.1, 0.15) is 0 Å². The number of amides is 1. The van der Waals surface area contributed by atoms with E-state index >= 15 is 0 Å². The summed E-state index contributed by atoms with van der Waals surface area (Å²) in [6.07, 6.45) is -0.108. The molecule has 7 heteroatoms. The second-order valence-electron chi connectivity index (χ2n) is 4.20. The van der Waals surface area contributed by atoms with Crippen molar-refractivity contribution in [3.05, 3.63) is 28.3 Å². The standard InChI is InChI=1S/C12H15N3O4/c1-2-10-12(16)14(6-5-13)9-4-3-8(15(17)18)7-11(9)19-10/h3-4,7,10H,2,5-6,13H2,1H3. The summed E-state index contributed by atoms with van der Waals surface area (Å²) in [6.45, 7) is 2.51. The molecule has 102 valence electrons. The maximum absolute atomic E-state index is 12.1. The molecule has 0 spiro atoms. The molecule has 1 amide bonds. The third-order valence-corrected chi connectivity index (χ3v) is 2.98. The van der Waals surface area contributed by atoms with E-state index < -0.39 is 11.0 Å². The zero-order chi connectivity index (χ0) is 14.0. The number of benzene rings is 1. The van der Waals surface area contributed by atoms with E-state index in [1.807, 2.05) is 6.92 Å². The number of nitro benzene ring substituents is 1. The van der Waals surface area contributed by atoms with E-state index in [2.05, 4.69) is 0 Å². The van der Waals surface area contributed by atoms with Crippen LogP contribution in [0.4, 0.5) is 11.4 Å². The highest BCUT2D eigenvalue weighted by molar-refractivity contribution is 6.00. The molecule has 1 aromatic rings. The Morgan fingerprint density at radius 2 is 2.26 bits per heavy atom. The highest BCUT2D eigenvalue weighted by Crippen LogP contribution is 2.37. The van der Waals surface area contributed by atoms with Crippen molar-refractivity contribution in [3.8, 4) is 5.75 Å². The number of carbonyl (C=O) groups excluding carboxylic acids is 1. The van der Waals surface area contributed by atoms with Crippen molar-refractivity contribution in [1.29, 1.82) is 0 Å². The molecule has 1 atom stereocenters. The summed E-state index contributed by atoms with van der Waals surface area (Å²) >= 11 is 0. The first-order valence-corrected chi connectivity index (χ1v) is 6.05. The number of carbonyl (C=O) groups is 1. The molecule has 0 saturated heterocycles. The number of non-ortho nitro benzene ring substituents is 1. The smallest absolute Gasteiger partial charge is 0.273 e. The van der Waals surface area contributed by atoms with E-state index in [1.165, 1.54) is 23.1 Å². The van der Waals surface area contributed by atoms with Gasteiger partial charge in [0.15, 0.2) is 11.9 Å². The van der Waals surface area contributed by atoms with Crippen molar-refractivity contribution >= 4 is 17.3 Å². The van der Waals surface area contributed by atoms with Crippen molar-refractivity contribution in [2.24, 2.45) is 5.73 Å². The van der Waals surface area contributed by atoms with E-state index in [-0.39, 0.29) is 11.6 Å². The normalized spacial score (nSPS) is 17.9. The zero-order valence-electron chi connectivity index (χ0n) is 10.5. The van der Waals surface area contributed by atoms with Crippen molar-refractivity contribution in [2.75, 3.05) is 18.0 Å². The molecular weight excluding hydrogens is 250 g/mol. The third kappa shape index (κ3) is 2.37. The Morgan fingerprint density at radius 3 is 2.84 bits per heavy atom. The van der Waals surface area contributed by atoms with Crippen LogP contribution in [0.5, 0.6) is 5.75 Å². The fraction of sp³-hybridized carbons (Fsp3) is 0.417. The summed E-state index contributed by atoms with van der Waals surface area (Å²) in [6, 6.07) is 4.21. The van der Waals surface area contributed by atoms with E-state index in [0.717, 1.165) is 0 Å². The first-order chi connectivity index (χ1) is 9.08. The second-order valence-corrected chi connectivity index (χ2v) is 4.20. The minimum Gasteiger partial charge on any atom is -0.478 e. The highest BCUT2D eigenvalue weighted by Gasteiger charge is 2.33. The van der Waals surface area contributed by atoms with Gasteiger partial charge in [-0.1, -0.05) is 6.92 Å². The predicted molar refractivity (Wildman–Crippen MR) is 69.2 cm³/mol. The maximum atomic E-state index is 12.1. The van der Waals surface area contributed by atoms with Crippen molar-refractivity contribution in [3.63, 3.8) is 0 Å². The maximum Gasteiger partial charge on any atom is 0.273 e. The van der Waals surface area contributed by atoms with Crippen LogP contribution in [0.3, 0.4) is 0 Å². The number of nitro groups is 1. The number of ether oxygens (including phenoxy) is 1. The van der Waals surface area contributed by atoms with Gasteiger partial charge in [-0.15, -0.1) is 0 Å². The zero-order valence-corrected chi connectivity index (χ0v) is 10.5. The van der Waals surface area contributed by atoms with E-state index in [1.54, 1.807) is 0 Å². The Balaban J connectivity index is 2.45. The van der Waals surface area contributed by atoms with Gasteiger partial charge in [-0.25, -0.2) is 0 Å². The Hall–Kier alpha value is -2.15. The van der Waals surface area contributed by atoms with Gasteiger partial charge in [-0.2, -0.15) is 0 Å². The minimum atomic E-state index is -0.610. The Kier molecular flexibility index (Phi) is 3.66. The van der Waals surface area contributed by atoms with Crippen LogP contribution >= 0.6 is 0 Å². The van der Waals surface area contributed by atoms with Gasteiger partial charge >= 0.3 is 0 Å². The number of anilines is 1. The topological polar surface area (TPSA) is 98.7 Å². The van der Waals surface area contributed by atoms with Crippen molar-refractivity contribution < 1.29 is 14.5 Å². The summed E-state index contributed by atoms with van der Waals surface area (Å²) in [5.41, 5.74) is 5.97. The first-order valence-electron chi connectivity index (χ1n) is 6.05. The van der Waals surface area contributed by atoms with Crippen LogP contribution in [0.25, 0.3) is 0 Å². The van der Waals surface area contributed by atoms with Gasteiger partial charge in [-0.3, -0.25) is 14.9 Å². The summed E-state index contributed by atoms with van der Waals surface area (Å²) in [7, 11) is 0. The molecule has 0 radical (unpaired) electrons. The van der Waals surface area contributed by atoms with E-state index in [0.29, 0.717) is 30.9 Å². The highest BCUT2D eigenvalue weighted by atomic mass is 16.6. The van der Waals surface area contributed by atoms with E-state index in [9.17, 15) is 14.9 Å². The molecule has 0 fully saturated rings. The van der Waals surface area contributed by atoms with Gasteiger partial charge < -0.3 is 15.4 Å². The molecule has 2 rings (SSSR count). The van der Waals surface area contributed by atoms with Crippen LogP contribution in [-0.2, 0) is 4.79 Å². The molecule has 1 unspecified atom stereocenters. The summed E-state index contributed by atoms with van der Waals surface area (Å²) in [5.74, 6) is 0.198. The molecule has 7 nitrogen and oxygen atoms in total. The van der Waals surface area contributed by atoms with Gasteiger partial charge in [-0.05, 0) is 12.5 Å². The second kappa shape index (κ2) is 5.23. The molecule has 19 heavy (non-hydrogen) atoms. The third-order valence-electron chi connectivity index (χ3n) is 2.98.